The lowest BCUT2D eigenvalue weighted by Crippen LogP contribution is -2.62. The van der Waals surface area contributed by atoms with Crippen LogP contribution in [0.5, 0.6) is 0 Å². The summed E-state index contributed by atoms with van der Waals surface area (Å²) < 4.78 is 0. The molecule has 5 rings (SSSR count). The second-order valence-corrected chi connectivity index (χ2v) is 9.75. The van der Waals surface area contributed by atoms with Gasteiger partial charge in [-0.05, 0) is 69.2 Å². The first-order valence-electron chi connectivity index (χ1n) is 11.1. The zero-order valence-electron chi connectivity index (χ0n) is 18.7. The summed E-state index contributed by atoms with van der Waals surface area (Å²) in [6.07, 6.45) is 4.69. The monoisotopic (exact) mass is 401 g/mol. The molecule has 1 aliphatic carbocycles. The molecular formula is C25H31N5. The second-order valence-electron chi connectivity index (χ2n) is 9.75. The van der Waals surface area contributed by atoms with E-state index in [9.17, 15) is 0 Å². The smallest absolute Gasteiger partial charge is 0.157 e. The Morgan fingerprint density at radius 2 is 1.87 bits per heavy atom. The summed E-state index contributed by atoms with van der Waals surface area (Å²) in [5.74, 6) is 2.78. The first-order valence-corrected chi connectivity index (χ1v) is 11.1. The number of nitrogens with zero attached hydrogens (tertiary/aromatic N) is 4. The molecule has 156 valence electrons. The van der Waals surface area contributed by atoms with E-state index in [1.54, 1.807) is 0 Å². The van der Waals surface area contributed by atoms with Crippen LogP contribution in [0.4, 0.5) is 11.6 Å². The van der Waals surface area contributed by atoms with Crippen molar-refractivity contribution in [2.45, 2.75) is 53.5 Å². The van der Waals surface area contributed by atoms with Gasteiger partial charge in [-0.15, -0.1) is 5.10 Å². The number of aryl methyl sites for hydroxylation is 2. The van der Waals surface area contributed by atoms with Crippen LogP contribution in [0.1, 0.15) is 55.1 Å². The minimum atomic E-state index is 0.144. The van der Waals surface area contributed by atoms with Crippen LogP contribution >= 0.6 is 0 Å². The summed E-state index contributed by atoms with van der Waals surface area (Å²) in [7, 11) is 0. The van der Waals surface area contributed by atoms with Crippen LogP contribution in [-0.4, -0.2) is 28.3 Å². The molecule has 2 aromatic heterocycles. The van der Waals surface area contributed by atoms with Gasteiger partial charge in [-0.25, -0.2) is 4.98 Å². The van der Waals surface area contributed by atoms with Crippen LogP contribution in [0.25, 0.3) is 10.8 Å². The minimum absolute atomic E-state index is 0.144. The van der Waals surface area contributed by atoms with Crippen LogP contribution in [-0.2, 0) is 0 Å². The topological polar surface area (TPSA) is 53.9 Å². The molecule has 2 fully saturated rings. The first kappa shape index (κ1) is 19.3. The van der Waals surface area contributed by atoms with E-state index < -0.39 is 0 Å². The van der Waals surface area contributed by atoms with Crippen molar-refractivity contribution in [3.63, 3.8) is 0 Å². The molecule has 0 unspecified atom stereocenters. The van der Waals surface area contributed by atoms with E-state index in [0.29, 0.717) is 5.41 Å². The van der Waals surface area contributed by atoms with Gasteiger partial charge in [-0.2, -0.15) is 5.10 Å². The maximum Gasteiger partial charge on any atom is 0.157 e. The number of aromatic nitrogens is 3. The number of pyridine rings is 1. The van der Waals surface area contributed by atoms with Crippen LogP contribution in [0, 0.1) is 32.1 Å². The zero-order valence-corrected chi connectivity index (χ0v) is 18.7. The molecule has 2 aliphatic rings. The number of benzene rings is 1. The second kappa shape index (κ2) is 6.93. The third-order valence-corrected chi connectivity index (χ3v) is 7.24. The molecule has 3 heterocycles. The number of fused-ring (bicyclic) bond motifs is 1. The number of rotatable bonds is 4. The normalized spacial score (nSPS) is 18.9. The highest BCUT2D eigenvalue weighted by Crippen LogP contribution is 2.52. The molecule has 0 amide bonds. The largest absolute Gasteiger partial charge is 0.362 e. The average molecular weight is 402 g/mol. The molecule has 5 heteroatoms. The molecule has 5 nitrogen and oxygen atoms in total. The molecule has 1 N–H and O–H groups in total. The minimum Gasteiger partial charge on any atom is -0.362 e. The first-order chi connectivity index (χ1) is 14.3. The Labute approximate surface area is 178 Å². The van der Waals surface area contributed by atoms with E-state index in [2.05, 4.69) is 72.4 Å². The molecule has 1 aliphatic heterocycles. The fraction of sp³-hybridized carbons (Fsp3) is 0.480. The summed E-state index contributed by atoms with van der Waals surface area (Å²) in [6, 6.07) is 8.82. The molecule has 1 spiro atoms. The van der Waals surface area contributed by atoms with E-state index >= 15 is 0 Å². The van der Waals surface area contributed by atoms with E-state index in [-0.39, 0.29) is 6.04 Å². The number of hydrogen-bond donors (Lipinski definition) is 1. The SMILES string of the molecule is Cc1cccc([C@@H](C)Nc2nnc(C)c3cnc(N4CC5(CC(C)C5)C4)cc23)c1C. The summed E-state index contributed by atoms with van der Waals surface area (Å²) in [6.45, 7) is 13.2. The van der Waals surface area contributed by atoms with Gasteiger partial charge in [-0.3, -0.25) is 0 Å². The van der Waals surface area contributed by atoms with Gasteiger partial charge in [0.25, 0.3) is 0 Å². The van der Waals surface area contributed by atoms with Gasteiger partial charge < -0.3 is 10.2 Å². The van der Waals surface area contributed by atoms with E-state index in [4.69, 9.17) is 4.98 Å². The maximum atomic E-state index is 4.77. The van der Waals surface area contributed by atoms with E-state index in [0.717, 1.165) is 47.1 Å². The van der Waals surface area contributed by atoms with Crippen molar-refractivity contribution in [3.05, 3.63) is 52.8 Å². The third kappa shape index (κ3) is 3.11. The zero-order chi connectivity index (χ0) is 21.0. The Bertz CT molecular complexity index is 1110. The van der Waals surface area contributed by atoms with Gasteiger partial charge in [0.2, 0.25) is 0 Å². The standard InChI is InChI=1S/C25H31N5/c1-15-10-25(11-15)13-30(14-25)23-9-21-22(12-26-23)19(5)28-29-24(21)27-18(4)20-8-6-7-16(2)17(20)3/h6-9,12,15,18H,10-11,13-14H2,1-5H3,(H,27,29)/t18-/m1/s1. The molecule has 1 atom stereocenters. The average Bonchev–Trinajstić information content (AvgIpc) is 2.67. The Morgan fingerprint density at radius 3 is 2.60 bits per heavy atom. The number of anilines is 2. The van der Waals surface area contributed by atoms with E-state index in [1.165, 1.54) is 29.5 Å². The van der Waals surface area contributed by atoms with Crippen LogP contribution in [0.15, 0.2) is 30.5 Å². The number of hydrogen-bond acceptors (Lipinski definition) is 5. The van der Waals surface area contributed by atoms with Crippen molar-refractivity contribution in [1.29, 1.82) is 0 Å². The summed E-state index contributed by atoms with van der Waals surface area (Å²) in [5.41, 5.74) is 5.40. The Morgan fingerprint density at radius 1 is 1.10 bits per heavy atom. The van der Waals surface area contributed by atoms with Gasteiger partial charge in [0.1, 0.15) is 5.82 Å². The Hall–Kier alpha value is -2.69. The van der Waals surface area contributed by atoms with Crippen molar-refractivity contribution in [1.82, 2.24) is 15.2 Å². The molecule has 1 aromatic carbocycles. The quantitative estimate of drug-likeness (QED) is 0.638. The highest BCUT2D eigenvalue weighted by Gasteiger charge is 2.51. The van der Waals surface area contributed by atoms with Crippen molar-refractivity contribution in [3.8, 4) is 0 Å². The van der Waals surface area contributed by atoms with Gasteiger partial charge in [0.15, 0.2) is 5.82 Å². The van der Waals surface area contributed by atoms with Gasteiger partial charge in [-0.1, -0.05) is 25.1 Å². The Balaban J connectivity index is 1.45. The van der Waals surface area contributed by atoms with Crippen molar-refractivity contribution in [2.24, 2.45) is 11.3 Å². The summed E-state index contributed by atoms with van der Waals surface area (Å²) in [5, 5.41) is 14.7. The predicted molar refractivity (Wildman–Crippen MR) is 123 cm³/mol. The van der Waals surface area contributed by atoms with Gasteiger partial charge >= 0.3 is 0 Å². The lowest BCUT2D eigenvalue weighted by molar-refractivity contribution is 0.0332. The van der Waals surface area contributed by atoms with Crippen LogP contribution in [0.3, 0.4) is 0 Å². The molecule has 0 radical (unpaired) electrons. The summed E-state index contributed by atoms with van der Waals surface area (Å²) in [4.78, 5) is 7.18. The molecule has 3 aromatic rings. The van der Waals surface area contributed by atoms with Crippen molar-refractivity contribution >= 4 is 22.4 Å². The van der Waals surface area contributed by atoms with Gasteiger partial charge in [0.05, 0.1) is 11.7 Å². The molecule has 0 bridgehead atoms. The van der Waals surface area contributed by atoms with Crippen molar-refractivity contribution in [2.75, 3.05) is 23.3 Å². The predicted octanol–water partition coefficient (Wildman–Crippen LogP) is 5.36. The lowest BCUT2D eigenvalue weighted by Gasteiger charge is -2.59. The fourth-order valence-corrected chi connectivity index (χ4v) is 5.57. The third-order valence-electron chi connectivity index (χ3n) is 7.24. The highest BCUT2D eigenvalue weighted by molar-refractivity contribution is 5.94. The molecule has 1 saturated carbocycles. The molecular weight excluding hydrogens is 370 g/mol. The lowest BCUT2D eigenvalue weighted by atomic mass is 9.58. The van der Waals surface area contributed by atoms with Gasteiger partial charge in [0, 0.05) is 35.5 Å². The highest BCUT2D eigenvalue weighted by atomic mass is 15.3. The molecule has 1 saturated heterocycles. The summed E-state index contributed by atoms with van der Waals surface area (Å²) >= 11 is 0. The fourth-order valence-electron chi connectivity index (χ4n) is 5.57. The van der Waals surface area contributed by atoms with E-state index in [1.807, 2.05) is 13.1 Å². The van der Waals surface area contributed by atoms with Crippen molar-refractivity contribution < 1.29 is 0 Å². The number of nitrogens with one attached hydrogen (secondary N) is 1. The Kier molecular flexibility index (Phi) is 4.46. The van der Waals surface area contributed by atoms with Crippen LogP contribution < -0.4 is 10.2 Å². The molecule has 30 heavy (non-hydrogen) atoms. The maximum absolute atomic E-state index is 4.77. The van der Waals surface area contributed by atoms with Crippen LogP contribution in [0.2, 0.25) is 0 Å².